The molecule has 0 aromatic heterocycles. The minimum absolute atomic E-state index is 0.0507. The maximum Gasteiger partial charge on any atom is 0.118 e. The van der Waals surface area contributed by atoms with Gasteiger partial charge < -0.3 is 40.1 Å². The van der Waals surface area contributed by atoms with E-state index in [2.05, 4.69) is 0 Å². The first kappa shape index (κ1) is 10.6. The molecular formula is C8H15N7. The van der Waals surface area contributed by atoms with Gasteiger partial charge in [-0.2, -0.15) is 0 Å². The summed E-state index contributed by atoms with van der Waals surface area (Å²) in [6.45, 7) is 0. The van der Waals surface area contributed by atoms with Gasteiger partial charge in [-0.25, -0.2) is 0 Å². The Morgan fingerprint density at radius 2 is 1.33 bits per heavy atom. The highest BCUT2D eigenvalue weighted by Crippen LogP contribution is 2.34. The van der Waals surface area contributed by atoms with E-state index in [0.29, 0.717) is 5.56 Å². The highest BCUT2D eigenvalue weighted by molar-refractivity contribution is 5.93. The Bertz CT molecular complexity index is 431. The van der Waals surface area contributed by atoms with Gasteiger partial charge in [0, 0.05) is 5.56 Å². The fourth-order valence-corrected chi connectivity index (χ4v) is 1.14. The quantitative estimate of drug-likeness (QED) is 0.275. The lowest BCUT2D eigenvalue weighted by atomic mass is 10.1. The van der Waals surface area contributed by atoms with Crippen molar-refractivity contribution in [1.82, 2.24) is 0 Å². The zero-order valence-corrected chi connectivity index (χ0v) is 8.12. The van der Waals surface area contributed by atoms with Crippen LogP contribution in [0.15, 0.2) is 11.9 Å². The molecule has 0 bridgehead atoms. The summed E-state index contributed by atoms with van der Waals surface area (Å²) in [5.74, 6) is -0.0507. The minimum atomic E-state index is -0.0507. The zero-order valence-electron chi connectivity index (χ0n) is 8.12. The summed E-state index contributed by atoms with van der Waals surface area (Å²) in [5.41, 5.74) is 40.2. The van der Waals surface area contributed by atoms with Crippen molar-refractivity contribution in [2.75, 3.05) is 22.9 Å². The van der Waals surface area contributed by atoms with E-state index in [1.807, 2.05) is 0 Å². The molecule has 0 atom stereocenters. The van der Waals surface area contributed by atoms with Crippen molar-refractivity contribution in [2.45, 2.75) is 0 Å². The molecule has 1 rings (SSSR count). The second-order valence-corrected chi connectivity index (χ2v) is 3.12. The Labute approximate surface area is 86.9 Å². The lowest BCUT2D eigenvalue weighted by Crippen LogP contribution is -2.18. The minimum Gasteiger partial charge on any atom is -0.397 e. The standard InChI is InChI=1S/C8H15N7/c9-3-1-2(5(11)8(14)15)4(10)7(13)6(3)12/h1H,9-15H2. The van der Waals surface area contributed by atoms with Crippen LogP contribution in [0.1, 0.15) is 5.56 Å². The van der Waals surface area contributed by atoms with Crippen molar-refractivity contribution >= 4 is 28.4 Å². The van der Waals surface area contributed by atoms with Gasteiger partial charge in [0.1, 0.15) is 5.82 Å². The van der Waals surface area contributed by atoms with Gasteiger partial charge in [0.25, 0.3) is 0 Å². The molecule has 0 saturated carbocycles. The van der Waals surface area contributed by atoms with Crippen molar-refractivity contribution < 1.29 is 0 Å². The molecule has 0 aliphatic rings. The number of rotatable bonds is 1. The van der Waals surface area contributed by atoms with E-state index in [4.69, 9.17) is 40.1 Å². The molecule has 15 heavy (non-hydrogen) atoms. The van der Waals surface area contributed by atoms with Crippen LogP contribution in [0.25, 0.3) is 5.70 Å². The Morgan fingerprint density at radius 3 is 1.80 bits per heavy atom. The summed E-state index contributed by atoms with van der Waals surface area (Å²) in [6, 6.07) is 1.48. The van der Waals surface area contributed by atoms with Crippen LogP contribution < -0.4 is 40.1 Å². The molecule has 82 valence electrons. The first-order valence-corrected chi connectivity index (χ1v) is 4.10. The maximum absolute atomic E-state index is 5.71. The third kappa shape index (κ3) is 1.62. The summed E-state index contributed by atoms with van der Waals surface area (Å²) >= 11 is 0. The molecule has 0 aliphatic heterocycles. The molecule has 0 amide bonds. The second-order valence-electron chi connectivity index (χ2n) is 3.12. The van der Waals surface area contributed by atoms with Crippen molar-refractivity contribution in [2.24, 2.45) is 17.2 Å². The summed E-state index contributed by atoms with van der Waals surface area (Å²) in [5, 5.41) is 0. The average Bonchev–Trinajstić information content (AvgIpc) is 2.19. The molecule has 0 heterocycles. The van der Waals surface area contributed by atoms with E-state index >= 15 is 0 Å². The van der Waals surface area contributed by atoms with Crippen molar-refractivity contribution in [3.8, 4) is 0 Å². The third-order valence-corrected chi connectivity index (χ3v) is 2.08. The SMILES string of the molecule is NC(N)=C(N)c1cc(N)c(N)c(N)c1N. The highest BCUT2D eigenvalue weighted by atomic mass is 14.9. The number of benzene rings is 1. The summed E-state index contributed by atoms with van der Waals surface area (Å²) < 4.78 is 0. The van der Waals surface area contributed by atoms with Crippen LogP contribution in [-0.2, 0) is 0 Å². The van der Waals surface area contributed by atoms with E-state index < -0.39 is 0 Å². The Balaban J connectivity index is 3.53. The fraction of sp³-hybridized carbons (Fsp3) is 0. The van der Waals surface area contributed by atoms with Crippen LogP contribution in [0.2, 0.25) is 0 Å². The van der Waals surface area contributed by atoms with Crippen LogP contribution in [0, 0.1) is 0 Å². The molecule has 0 spiro atoms. The third-order valence-electron chi connectivity index (χ3n) is 2.08. The molecule has 7 nitrogen and oxygen atoms in total. The van der Waals surface area contributed by atoms with E-state index in [1.54, 1.807) is 0 Å². The smallest absolute Gasteiger partial charge is 0.118 e. The molecule has 1 aromatic rings. The average molecular weight is 209 g/mol. The van der Waals surface area contributed by atoms with Gasteiger partial charge in [0.05, 0.1) is 28.4 Å². The van der Waals surface area contributed by atoms with Crippen molar-refractivity contribution in [3.63, 3.8) is 0 Å². The van der Waals surface area contributed by atoms with Crippen LogP contribution >= 0.6 is 0 Å². The summed E-state index contributed by atoms with van der Waals surface area (Å²) in [7, 11) is 0. The molecule has 7 heteroatoms. The Hall–Kier alpha value is -2.44. The maximum atomic E-state index is 5.71. The van der Waals surface area contributed by atoms with E-state index in [-0.39, 0.29) is 34.3 Å². The molecule has 0 radical (unpaired) electrons. The second kappa shape index (κ2) is 3.37. The molecular weight excluding hydrogens is 194 g/mol. The van der Waals surface area contributed by atoms with Gasteiger partial charge >= 0.3 is 0 Å². The van der Waals surface area contributed by atoms with Crippen LogP contribution in [0.4, 0.5) is 22.7 Å². The molecule has 0 aliphatic carbocycles. The molecule has 0 unspecified atom stereocenters. The van der Waals surface area contributed by atoms with Gasteiger partial charge in [0.2, 0.25) is 0 Å². The first-order chi connectivity index (χ1) is 6.86. The largest absolute Gasteiger partial charge is 0.397 e. The molecule has 14 N–H and O–H groups in total. The first-order valence-electron chi connectivity index (χ1n) is 4.10. The molecule has 1 aromatic carbocycles. The van der Waals surface area contributed by atoms with Crippen LogP contribution in [0.3, 0.4) is 0 Å². The predicted molar refractivity (Wildman–Crippen MR) is 63.6 cm³/mol. The molecule has 0 fully saturated rings. The Kier molecular flexibility index (Phi) is 2.39. The van der Waals surface area contributed by atoms with Gasteiger partial charge in [0.15, 0.2) is 0 Å². The van der Waals surface area contributed by atoms with E-state index in [0.717, 1.165) is 0 Å². The van der Waals surface area contributed by atoms with Crippen LogP contribution in [-0.4, -0.2) is 0 Å². The normalized spacial score (nSPS) is 9.87. The van der Waals surface area contributed by atoms with Gasteiger partial charge in [-0.15, -0.1) is 0 Å². The number of anilines is 4. The number of nitrogens with two attached hydrogens (primary N) is 7. The fourth-order valence-electron chi connectivity index (χ4n) is 1.14. The lowest BCUT2D eigenvalue weighted by molar-refractivity contribution is 1.23. The highest BCUT2D eigenvalue weighted by Gasteiger charge is 2.12. The van der Waals surface area contributed by atoms with Crippen molar-refractivity contribution in [1.29, 1.82) is 0 Å². The van der Waals surface area contributed by atoms with Gasteiger partial charge in [-0.3, -0.25) is 0 Å². The summed E-state index contributed by atoms with van der Waals surface area (Å²) in [4.78, 5) is 0. The monoisotopic (exact) mass is 209 g/mol. The number of nitrogen functional groups attached to an aromatic ring is 4. The Morgan fingerprint density at radius 1 is 0.800 bits per heavy atom. The predicted octanol–water partition coefficient (Wildman–Crippen LogP) is -1.48. The number of hydrogen-bond donors (Lipinski definition) is 7. The lowest BCUT2D eigenvalue weighted by Gasteiger charge is -2.13. The van der Waals surface area contributed by atoms with Crippen molar-refractivity contribution in [3.05, 3.63) is 17.5 Å². The zero-order chi connectivity index (χ0) is 11.7. The number of hydrogen-bond acceptors (Lipinski definition) is 7. The van der Waals surface area contributed by atoms with Gasteiger partial charge in [-0.05, 0) is 6.07 Å². The molecule has 0 saturated heterocycles. The van der Waals surface area contributed by atoms with E-state index in [1.165, 1.54) is 6.07 Å². The van der Waals surface area contributed by atoms with Crippen LogP contribution in [0.5, 0.6) is 0 Å². The van der Waals surface area contributed by atoms with E-state index in [9.17, 15) is 0 Å². The summed E-state index contributed by atoms with van der Waals surface area (Å²) in [6.07, 6.45) is 0. The topological polar surface area (TPSA) is 182 Å². The van der Waals surface area contributed by atoms with Gasteiger partial charge in [-0.1, -0.05) is 0 Å².